The molecule has 3 heterocycles. The van der Waals surface area contributed by atoms with E-state index in [4.69, 9.17) is 16.3 Å². The first kappa shape index (κ1) is 27.9. The van der Waals surface area contributed by atoms with E-state index in [0.717, 1.165) is 67.4 Å². The number of methoxy groups -OCH3 is 1. The van der Waals surface area contributed by atoms with Gasteiger partial charge in [0, 0.05) is 57.4 Å². The molecule has 208 valence electrons. The summed E-state index contributed by atoms with van der Waals surface area (Å²) in [6, 6.07) is 18.6. The maximum atomic E-state index is 12.6. The van der Waals surface area contributed by atoms with Crippen molar-refractivity contribution in [1.82, 2.24) is 20.1 Å². The lowest BCUT2D eigenvalue weighted by molar-refractivity contribution is 0.0950. The van der Waals surface area contributed by atoms with Crippen LogP contribution in [0.3, 0.4) is 0 Å². The van der Waals surface area contributed by atoms with Crippen LogP contribution in [-0.2, 0) is 13.1 Å². The molecule has 2 saturated heterocycles. The molecular formula is C30H37BrClN5O2. The molecule has 0 aliphatic carbocycles. The number of pyridine rings is 1. The van der Waals surface area contributed by atoms with Crippen molar-refractivity contribution in [3.63, 3.8) is 0 Å². The van der Waals surface area contributed by atoms with Crippen molar-refractivity contribution in [3.05, 3.63) is 87.0 Å². The average molecular weight is 615 g/mol. The molecule has 2 fully saturated rings. The fourth-order valence-corrected chi connectivity index (χ4v) is 5.96. The minimum Gasteiger partial charge on any atom is -0.497 e. The Morgan fingerprint density at radius 1 is 1.03 bits per heavy atom. The molecule has 5 rings (SSSR count). The first-order chi connectivity index (χ1) is 19.0. The molecule has 0 spiro atoms. The number of piperazine rings is 1. The largest absolute Gasteiger partial charge is 0.497 e. The van der Waals surface area contributed by atoms with E-state index >= 15 is 0 Å². The van der Waals surface area contributed by atoms with Gasteiger partial charge in [-0.3, -0.25) is 14.6 Å². The summed E-state index contributed by atoms with van der Waals surface area (Å²) in [6.07, 6.45) is 4.02. The van der Waals surface area contributed by atoms with Gasteiger partial charge in [-0.2, -0.15) is 0 Å². The fraction of sp³-hybridized carbons (Fsp3) is 0.400. The SMILES string of the molecule is COc1ccc(CN2CCC(N3CCN(c4ncc(C(=O)NCc5ccc(Br)cc5)cc4Cl)CC3)CC2)cc1.[HH]. The monoisotopic (exact) mass is 613 g/mol. The summed E-state index contributed by atoms with van der Waals surface area (Å²) < 4.78 is 6.28. The molecule has 1 amide bonds. The molecule has 2 aliphatic rings. The van der Waals surface area contributed by atoms with Gasteiger partial charge < -0.3 is 15.0 Å². The number of rotatable bonds is 8. The topological polar surface area (TPSA) is 60.9 Å². The predicted molar refractivity (Wildman–Crippen MR) is 162 cm³/mol. The standard InChI is InChI=1S/C30H35BrClN5O2.H2/c1-39-27-8-4-23(5-9-27)21-35-12-10-26(11-13-35)36-14-16-37(17-15-36)29-28(32)18-24(20-33-29)30(38)34-19-22-2-6-25(31)7-3-22;/h2-9,18,20,26H,10-17,19,21H2,1H3,(H,34,38);1H. The number of piperidine rings is 1. The van der Waals surface area contributed by atoms with Gasteiger partial charge in [-0.15, -0.1) is 0 Å². The van der Waals surface area contributed by atoms with Gasteiger partial charge in [0.25, 0.3) is 5.91 Å². The Labute approximate surface area is 245 Å². The summed E-state index contributed by atoms with van der Waals surface area (Å²) in [7, 11) is 1.70. The van der Waals surface area contributed by atoms with Crippen LogP contribution in [-0.4, -0.2) is 73.1 Å². The lowest BCUT2D eigenvalue weighted by Crippen LogP contribution is -2.53. The molecule has 1 aromatic heterocycles. The third-order valence-electron chi connectivity index (χ3n) is 7.70. The number of likely N-dealkylation sites (tertiary alicyclic amines) is 1. The molecular weight excluding hydrogens is 578 g/mol. The van der Waals surface area contributed by atoms with Crippen LogP contribution in [0.1, 0.15) is 35.8 Å². The van der Waals surface area contributed by atoms with Crippen molar-refractivity contribution >= 4 is 39.3 Å². The number of nitrogens with zero attached hydrogens (tertiary/aromatic N) is 4. The molecule has 9 heteroatoms. The van der Waals surface area contributed by atoms with E-state index in [0.29, 0.717) is 23.2 Å². The lowest BCUT2D eigenvalue weighted by atomic mass is 10.0. The predicted octanol–water partition coefficient (Wildman–Crippen LogP) is 5.47. The van der Waals surface area contributed by atoms with Gasteiger partial charge in [-0.25, -0.2) is 4.98 Å². The maximum Gasteiger partial charge on any atom is 0.253 e. The van der Waals surface area contributed by atoms with Crippen LogP contribution in [0.2, 0.25) is 5.02 Å². The highest BCUT2D eigenvalue weighted by Crippen LogP contribution is 2.27. The number of halogens is 2. The summed E-state index contributed by atoms with van der Waals surface area (Å²) in [5.74, 6) is 1.49. The number of benzene rings is 2. The van der Waals surface area contributed by atoms with Crippen molar-refractivity contribution < 1.29 is 11.0 Å². The first-order valence-electron chi connectivity index (χ1n) is 13.5. The number of aromatic nitrogens is 1. The average Bonchev–Trinajstić information content (AvgIpc) is 2.97. The van der Waals surface area contributed by atoms with E-state index in [9.17, 15) is 4.79 Å². The molecule has 3 aromatic rings. The molecule has 2 aromatic carbocycles. The molecule has 2 aliphatic heterocycles. The zero-order valence-electron chi connectivity index (χ0n) is 22.3. The number of anilines is 1. The minimum absolute atomic E-state index is 0. The van der Waals surface area contributed by atoms with Crippen LogP contribution in [0.15, 0.2) is 65.3 Å². The number of hydrogen-bond acceptors (Lipinski definition) is 6. The van der Waals surface area contributed by atoms with E-state index in [1.54, 1.807) is 19.4 Å². The van der Waals surface area contributed by atoms with Crippen LogP contribution in [0, 0.1) is 0 Å². The zero-order chi connectivity index (χ0) is 27.2. The Bertz CT molecular complexity index is 1250. The third-order valence-corrected chi connectivity index (χ3v) is 8.51. The molecule has 39 heavy (non-hydrogen) atoms. The number of hydrogen-bond donors (Lipinski definition) is 1. The fourth-order valence-electron chi connectivity index (χ4n) is 5.40. The van der Waals surface area contributed by atoms with Crippen molar-refractivity contribution in [3.8, 4) is 5.75 Å². The molecule has 7 nitrogen and oxygen atoms in total. The lowest BCUT2D eigenvalue weighted by Gasteiger charge is -2.43. The number of amides is 1. The summed E-state index contributed by atoms with van der Waals surface area (Å²) in [6.45, 7) is 7.45. The second-order valence-corrected chi connectivity index (χ2v) is 11.5. The highest BCUT2D eigenvalue weighted by molar-refractivity contribution is 9.10. The van der Waals surface area contributed by atoms with E-state index in [1.165, 1.54) is 18.4 Å². The van der Waals surface area contributed by atoms with Crippen molar-refractivity contribution in [2.45, 2.75) is 32.0 Å². The normalized spacial score (nSPS) is 17.3. The Hall–Kier alpha value is -2.65. The van der Waals surface area contributed by atoms with Crippen LogP contribution in [0.5, 0.6) is 5.75 Å². The quantitative estimate of drug-likeness (QED) is 0.363. The van der Waals surface area contributed by atoms with Gasteiger partial charge in [-0.05, 0) is 67.4 Å². The second-order valence-electron chi connectivity index (χ2n) is 10.2. The zero-order valence-corrected chi connectivity index (χ0v) is 24.6. The summed E-state index contributed by atoms with van der Waals surface area (Å²) in [5, 5.41) is 3.46. The summed E-state index contributed by atoms with van der Waals surface area (Å²) in [5.41, 5.74) is 2.84. The van der Waals surface area contributed by atoms with Gasteiger partial charge in [-0.1, -0.05) is 51.8 Å². The van der Waals surface area contributed by atoms with Crippen LogP contribution in [0.25, 0.3) is 0 Å². The molecule has 1 N–H and O–H groups in total. The van der Waals surface area contributed by atoms with Gasteiger partial charge >= 0.3 is 0 Å². The van der Waals surface area contributed by atoms with Crippen molar-refractivity contribution in [2.75, 3.05) is 51.3 Å². The molecule has 0 bridgehead atoms. The van der Waals surface area contributed by atoms with E-state index in [2.05, 4.69) is 53.1 Å². The van der Waals surface area contributed by atoms with Crippen molar-refractivity contribution in [2.24, 2.45) is 0 Å². The van der Waals surface area contributed by atoms with Gasteiger partial charge in [0.2, 0.25) is 0 Å². The first-order valence-corrected chi connectivity index (χ1v) is 14.7. The molecule has 0 saturated carbocycles. The number of ether oxygens (including phenoxy) is 1. The van der Waals surface area contributed by atoms with Gasteiger partial charge in [0.1, 0.15) is 11.6 Å². The molecule has 0 radical (unpaired) electrons. The number of nitrogens with one attached hydrogen (secondary N) is 1. The molecule has 0 unspecified atom stereocenters. The third kappa shape index (κ3) is 7.31. The van der Waals surface area contributed by atoms with E-state index in [-0.39, 0.29) is 7.33 Å². The second kappa shape index (κ2) is 13.1. The maximum absolute atomic E-state index is 12.6. The highest BCUT2D eigenvalue weighted by atomic mass is 79.9. The summed E-state index contributed by atoms with van der Waals surface area (Å²) >= 11 is 10.0. The highest BCUT2D eigenvalue weighted by Gasteiger charge is 2.28. The molecule has 0 atom stereocenters. The number of carbonyl (C=O) groups is 1. The Morgan fingerprint density at radius 2 is 1.69 bits per heavy atom. The van der Waals surface area contributed by atoms with Crippen LogP contribution < -0.4 is 15.0 Å². The smallest absolute Gasteiger partial charge is 0.253 e. The minimum atomic E-state index is -0.179. The number of carbonyl (C=O) groups excluding carboxylic acids is 1. The van der Waals surface area contributed by atoms with Gasteiger partial charge in [0.15, 0.2) is 0 Å². The Morgan fingerprint density at radius 3 is 2.33 bits per heavy atom. The van der Waals surface area contributed by atoms with E-state index < -0.39 is 0 Å². The van der Waals surface area contributed by atoms with Crippen LogP contribution >= 0.6 is 27.5 Å². The Kier molecular flexibility index (Phi) is 9.40. The van der Waals surface area contributed by atoms with Gasteiger partial charge in [0.05, 0.1) is 17.7 Å². The van der Waals surface area contributed by atoms with Crippen molar-refractivity contribution in [1.29, 1.82) is 0 Å². The summed E-state index contributed by atoms with van der Waals surface area (Å²) in [4.78, 5) is 24.6. The Balaban J connectivity index is 0.00000370. The van der Waals surface area contributed by atoms with Crippen LogP contribution in [0.4, 0.5) is 5.82 Å². The van der Waals surface area contributed by atoms with E-state index in [1.807, 2.05) is 36.4 Å².